The largest absolute Gasteiger partial charge is 0.312 e. The van der Waals surface area contributed by atoms with Gasteiger partial charge in [0, 0.05) is 23.3 Å². The molecule has 0 aliphatic rings. The number of carbonyl (C=O) groups excluding carboxylic acids is 1. The van der Waals surface area contributed by atoms with Gasteiger partial charge in [0.15, 0.2) is 11.6 Å². The number of nitrogens with zero attached hydrogens (tertiary/aromatic N) is 1. The first-order chi connectivity index (χ1) is 10.0. The van der Waals surface area contributed by atoms with Crippen LogP contribution in [0, 0.1) is 11.6 Å². The summed E-state index contributed by atoms with van der Waals surface area (Å²) >= 11 is 6.03. The summed E-state index contributed by atoms with van der Waals surface area (Å²) < 4.78 is 26.3. The number of hydrogen-bond donors (Lipinski definition) is 0. The van der Waals surface area contributed by atoms with Crippen LogP contribution < -0.4 is 4.90 Å². The van der Waals surface area contributed by atoms with Gasteiger partial charge in [0.25, 0.3) is 0 Å². The van der Waals surface area contributed by atoms with Crippen molar-refractivity contribution in [1.82, 2.24) is 0 Å². The number of anilines is 1. The molecular formula is C16H14ClF2NO. The third kappa shape index (κ3) is 3.58. The molecule has 2 aromatic carbocycles. The van der Waals surface area contributed by atoms with Crippen molar-refractivity contribution in [2.75, 3.05) is 11.4 Å². The molecule has 0 aliphatic carbocycles. The number of likely N-dealkylation sites (N-methyl/N-ethyl adjacent to an activating group) is 1. The van der Waals surface area contributed by atoms with Crippen LogP contribution in [0.5, 0.6) is 0 Å². The van der Waals surface area contributed by atoms with Gasteiger partial charge in [0.05, 0.1) is 6.42 Å². The zero-order valence-electron chi connectivity index (χ0n) is 11.4. The molecule has 1 amide bonds. The van der Waals surface area contributed by atoms with Crippen LogP contribution in [0.15, 0.2) is 42.5 Å². The Labute approximate surface area is 127 Å². The van der Waals surface area contributed by atoms with Crippen LogP contribution in [-0.4, -0.2) is 12.5 Å². The average Bonchev–Trinajstić information content (AvgIpc) is 2.46. The first-order valence-electron chi connectivity index (χ1n) is 6.51. The van der Waals surface area contributed by atoms with Crippen molar-refractivity contribution in [1.29, 1.82) is 0 Å². The predicted molar refractivity (Wildman–Crippen MR) is 79.5 cm³/mol. The highest BCUT2D eigenvalue weighted by molar-refractivity contribution is 6.31. The molecule has 0 fully saturated rings. The van der Waals surface area contributed by atoms with E-state index in [0.717, 1.165) is 12.1 Å². The summed E-state index contributed by atoms with van der Waals surface area (Å²) in [7, 11) is 0. The molecule has 0 spiro atoms. The van der Waals surface area contributed by atoms with Crippen LogP contribution in [0.3, 0.4) is 0 Å². The monoisotopic (exact) mass is 309 g/mol. The van der Waals surface area contributed by atoms with Gasteiger partial charge in [-0.1, -0.05) is 29.8 Å². The molecule has 2 rings (SSSR count). The molecule has 0 N–H and O–H groups in total. The smallest absolute Gasteiger partial charge is 0.231 e. The second kappa shape index (κ2) is 6.68. The SMILES string of the molecule is CCN(C(=O)Cc1ccccc1Cl)c1ccc(F)c(F)c1. The van der Waals surface area contributed by atoms with Gasteiger partial charge >= 0.3 is 0 Å². The lowest BCUT2D eigenvalue weighted by atomic mass is 10.1. The van der Waals surface area contributed by atoms with Gasteiger partial charge in [-0.2, -0.15) is 0 Å². The first-order valence-corrected chi connectivity index (χ1v) is 6.89. The maximum absolute atomic E-state index is 13.3. The third-order valence-electron chi connectivity index (χ3n) is 3.13. The van der Waals surface area contributed by atoms with Crippen LogP contribution >= 0.6 is 11.6 Å². The van der Waals surface area contributed by atoms with E-state index in [-0.39, 0.29) is 12.3 Å². The van der Waals surface area contributed by atoms with E-state index in [4.69, 9.17) is 11.6 Å². The topological polar surface area (TPSA) is 20.3 Å². The molecule has 21 heavy (non-hydrogen) atoms. The van der Waals surface area contributed by atoms with Gasteiger partial charge in [0.1, 0.15) is 0 Å². The van der Waals surface area contributed by atoms with E-state index in [1.165, 1.54) is 11.0 Å². The van der Waals surface area contributed by atoms with Crippen molar-refractivity contribution >= 4 is 23.2 Å². The minimum Gasteiger partial charge on any atom is -0.312 e. The number of amides is 1. The lowest BCUT2D eigenvalue weighted by Gasteiger charge is -2.21. The summed E-state index contributed by atoms with van der Waals surface area (Å²) in [6.07, 6.45) is 0.104. The summed E-state index contributed by atoms with van der Waals surface area (Å²) in [4.78, 5) is 13.7. The van der Waals surface area contributed by atoms with Crippen LogP contribution in [0.1, 0.15) is 12.5 Å². The number of carbonyl (C=O) groups is 1. The lowest BCUT2D eigenvalue weighted by Crippen LogP contribution is -2.32. The Balaban J connectivity index is 2.22. The summed E-state index contributed by atoms with van der Waals surface area (Å²) in [5.74, 6) is -2.14. The van der Waals surface area contributed by atoms with E-state index in [1.807, 2.05) is 0 Å². The fourth-order valence-corrected chi connectivity index (χ4v) is 2.26. The molecule has 0 unspecified atom stereocenters. The molecule has 0 radical (unpaired) electrons. The van der Waals surface area contributed by atoms with E-state index < -0.39 is 11.6 Å². The predicted octanol–water partition coefficient (Wildman–Crippen LogP) is 4.21. The van der Waals surface area contributed by atoms with Crippen LogP contribution in [0.2, 0.25) is 5.02 Å². The summed E-state index contributed by atoms with van der Waals surface area (Å²) in [5, 5.41) is 0.507. The average molecular weight is 310 g/mol. The maximum atomic E-state index is 13.3. The van der Waals surface area contributed by atoms with Crippen molar-refractivity contribution in [2.45, 2.75) is 13.3 Å². The second-order valence-corrected chi connectivity index (χ2v) is 4.91. The Kier molecular flexibility index (Phi) is 4.91. The van der Waals surface area contributed by atoms with Crippen molar-refractivity contribution in [3.05, 3.63) is 64.7 Å². The Morgan fingerprint density at radius 1 is 1.14 bits per heavy atom. The number of halogens is 3. The van der Waals surface area contributed by atoms with E-state index >= 15 is 0 Å². The second-order valence-electron chi connectivity index (χ2n) is 4.50. The highest BCUT2D eigenvalue weighted by Gasteiger charge is 2.17. The molecule has 0 aliphatic heterocycles. The van der Waals surface area contributed by atoms with E-state index in [2.05, 4.69) is 0 Å². The Bertz CT molecular complexity index is 660. The molecule has 0 heterocycles. The fraction of sp³-hybridized carbons (Fsp3) is 0.188. The number of hydrogen-bond acceptors (Lipinski definition) is 1. The van der Waals surface area contributed by atoms with Gasteiger partial charge in [-0.05, 0) is 30.7 Å². The van der Waals surface area contributed by atoms with Crippen molar-refractivity contribution in [3.63, 3.8) is 0 Å². The Morgan fingerprint density at radius 2 is 1.86 bits per heavy atom. The Morgan fingerprint density at radius 3 is 2.48 bits per heavy atom. The van der Waals surface area contributed by atoms with Crippen molar-refractivity contribution in [3.8, 4) is 0 Å². The summed E-state index contributed by atoms with van der Waals surface area (Å²) in [6.45, 7) is 2.13. The molecule has 0 aromatic heterocycles. The molecule has 0 saturated heterocycles. The summed E-state index contributed by atoms with van der Waals surface area (Å²) in [5.41, 5.74) is 1.03. The molecule has 0 bridgehead atoms. The highest BCUT2D eigenvalue weighted by Crippen LogP contribution is 2.21. The van der Waals surface area contributed by atoms with E-state index in [1.54, 1.807) is 31.2 Å². The van der Waals surface area contributed by atoms with Crippen molar-refractivity contribution < 1.29 is 13.6 Å². The zero-order chi connectivity index (χ0) is 15.4. The molecule has 0 atom stereocenters. The minimum atomic E-state index is -0.975. The highest BCUT2D eigenvalue weighted by atomic mass is 35.5. The first kappa shape index (κ1) is 15.4. The van der Waals surface area contributed by atoms with Gasteiger partial charge < -0.3 is 4.90 Å². The van der Waals surface area contributed by atoms with Gasteiger partial charge in [-0.15, -0.1) is 0 Å². The van der Waals surface area contributed by atoms with E-state index in [9.17, 15) is 13.6 Å². The standard InChI is InChI=1S/C16H14ClF2NO/c1-2-20(12-7-8-14(18)15(19)10-12)16(21)9-11-5-3-4-6-13(11)17/h3-8,10H,2,9H2,1H3. The van der Waals surface area contributed by atoms with Gasteiger partial charge in [-0.3, -0.25) is 4.79 Å². The zero-order valence-corrected chi connectivity index (χ0v) is 12.2. The molecule has 0 saturated carbocycles. The molecule has 2 nitrogen and oxygen atoms in total. The van der Waals surface area contributed by atoms with Crippen molar-refractivity contribution in [2.24, 2.45) is 0 Å². The maximum Gasteiger partial charge on any atom is 0.231 e. The minimum absolute atomic E-state index is 0.104. The van der Waals surface area contributed by atoms with Gasteiger partial charge in [-0.25, -0.2) is 8.78 Å². The quantitative estimate of drug-likeness (QED) is 0.828. The number of benzene rings is 2. The Hall–Kier alpha value is -1.94. The molecular weight excluding hydrogens is 296 g/mol. The van der Waals surface area contributed by atoms with Crippen LogP contribution in [-0.2, 0) is 11.2 Å². The lowest BCUT2D eigenvalue weighted by molar-refractivity contribution is -0.117. The number of rotatable bonds is 4. The molecule has 110 valence electrons. The molecule has 5 heteroatoms. The molecule has 2 aromatic rings. The third-order valence-corrected chi connectivity index (χ3v) is 3.50. The van der Waals surface area contributed by atoms with E-state index in [0.29, 0.717) is 22.8 Å². The summed E-state index contributed by atoms with van der Waals surface area (Å²) in [6, 6.07) is 10.5. The normalized spacial score (nSPS) is 10.5. The van der Waals surface area contributed by atoms with Crippen LogP contribution in [0.4, 0.5) is 14.5 Å². The van der Waals surface area contributed by atoms with Gasteiger partial charge in [0.2, 0.25) is 5.91 Å². The van der Waals surface area contributed by atoms with Crippen LogP contribution in [0.25, 0.3) is 0 Å². The fourth-order valence-electron chi connectivity index (χ4n) is 2.06.